The predicted molar refractivity (Wildman–Crippen MR) is 85.6 cm³/mol. The van der Waals surface area contributed by atoms with E-state index in [1.54, 1.807) is 0 Å². The summed E-state index contributed by atoms with van der Waals surface area (Å²) in [6, 6.07) is 7.33. The summed E-state index contributed by atoms with van der Waals surface area (Å²) >= 11 is 0. The van der Waals surface area contributed by atoms with E-state index in [1.165, 1.54) is 42.4 Å². The number of hydrogen-bond donors (Lipinski definition) is 0. The van der Waals surface area contributed by atoms with Gasteiger partial charge >= 0.3 is 12.4 Å². The smallest absolute Gasteiger partial charge is 0.416 e. The van der Waals surface area contributed by atoms with Crippen molar-refractivity contribution in [2.24, 2.45) is 0 Å². The number of ether oxygens (including phenoxy) is 1. The maximum absolute atomic E-state index is 13.0. The second-order valence-corrected chi connectivity index (χ2v) is 5.63. The third-order valence-corrected chi connectivity index (χ3v) is 3.87. The van der Waals surface area contributed by atoms with Crippen LogP contribution in [0.1, 0.15) is 11.1 Å². The Balaban J connectivity index is 1.98. The van der Waals surface area contributed by atoms with E-state index in [2.05, 4.69) is 4.98 Å². The Bertz CT molecular complexity index is 942. The van der Waals surface area contributed by atoms with Crippen LogP contribution in [0.5, 0.6) is 5.75 Å². The fourth-order valence-electron chi connectivity index (χ4n) is 2.50. The predicted octanol–water partition coefficient (Wildman–Crippen LogP) is 5.59. The van der Waals surface area contributed by atoms with Gasteiger partial charge in [0.1, 0.15) is 12.1 Å². The van der Waals surface area contributed by atoms with Gasteiger partial charge in [0.05, 0.1) is 29.6 Å². The second kappa shape index (κ2) is 6.64. The molecule has 3 aromatic rings. The highest BCUT2D eigenvalue weighted by atomic mass is 19.4. The summed E-state index contributed by atoms with van der Waals surface area (Å²) < 4.78 is 83.2. The molecule has 0 radical (unpaired) electrons. The van der Waals surface area contributed by atoms with Gasteiger partial charge in [0.2, 0.25) is 0 Å². The number of rotatable bonds is 3. The van der Waals surface area contributed by atoms with Crippen molar-refractivity contribution < 1.29 is 31.1 Å². The molecule has 0 spiro atoms. The molecule has 0 saturated heterocycles. The molecule has 3 rings (SSSR count). The number of methoxy groups -OCH3 is 1. The lowest BCUT2D eigenvalue weighted by Gasteiger charge is -2.13. The lowest BCUT2D eigenvalue weighted by Crippen LogP contribution is -2.06. The van der Waals surface area contributed by atoms with Crippen LogP contribution in [0.25, 0.3) is 16.9 Å². The quantitative estimate of drug-likeness (QED) is 0.549. The van der Waals surface area contributed by atoms with Crippen LogP contribution in [0, 0.1) is 0 Å². The lowest BCUT2D eigenvalue weighted by atomic mass is 10.1. The molecule has 1 aromatic heterocycles. The molecule has 0 atom stereocenters. The van der Waals surface area contributed by atoms with E-state index < -0.39 is 23.5 Å². The third kappa shape index (κ3) is 3.91. The van der Waals surface area contributed by atoms with E-state index in [0.29, 0.717) is 11.3 Å². The first-order valence-electron chi connectivity index (χ1n) is 7.57. The van der Waals surface area contributed by atoms with Gasteiger partial charge in [-0.25, -0.2) is 4.98 Å². The highest BCUT2D eigenvalue weighted by molar-refractivity contribution is 5.60. The molecule has 142 valence electrons. The fourth-order valence-corrected chi connectivity index (χ4v) is 2.50. The van der Waals surface area contributed by atoms with Gasteiger partial charge in [0, 0.05) is 11.8 Å². The highest BCUT2D eigenvalue weighted by Gasteiger charge is 2.32. The molecule has 2 aromatic carbocycles. The molecule has 0 bridgehead atoms. The Kier molecular flexibility index (Phi) is 4.63. The van der Waals surface area contributed by atoms with Gasteiger partial charge in [0.25, 0.3) is 0 Å². The van der Waals surface area contributed by atoms with Crippen LogP contribution < -0.4 is 4.74 Å². The molecule has 0 N–H and O–H groups in total. The number of hydrogen-bond acceptors (Lipinski definition) is 2. The third-order valence-electron chi connectivity index (χ3n) is 3.87. The van der Waals surface area contributed by atoms with E-state index >= 15 is 0 Å². The minimum Gasteiger partial charge on any atom is -0.495 e. The average molecular weight is 386 g/mol. The largest absolute Gasteiger partial charge is 0.495 e. The van der Waals surface area contributed by atoms with Crippen LogP contribution in [-0.2, 0) is 12.4 Å². The average Bonchev–Trinajstić information content (AvgIpc) is 3.09. The topological polar surface area (TPSA) is 27.1 Å². The van der Waals surface area contributed by atoms with E-state index in [-0.39, 0.29) is 11.4 Å². The number of benzene rings is 2. The molecule has 1 heterocycles. The standard InChI is InChI=1S/C18H12F6N2O/c1-27-16-7-6-13(18(22,23)24)8-15(16)26-9-14(25-10-26)11-2-4-12(5-3-11)17(19,20)21/h2-10H,1H3. The first-order valence-corrected chi connectivity index (χ1v) is 7.57. The van der Waals surface area contributed by atoms with Crippen LogP contribution in [0.4, 0.5) is 26.3 Å². The Labute approximate surface area is 149 Å². The Morgan fingerprint density at radius 2 is 1.44 bits per heavy atom. The van der Waals surface area contributed by atoms with Crippen molar-refractivity contribution in [3.63, 3.8) is 0 Å². The van der Waals surface area contributed by atoms with E-state index in [4.69, 9.17) is 4.74 Å². The molecule has 0 aliphatic heterocycles. The lowest BCUT2D eigenvalue weighted by molar-refractivity contribution is -0.138. The van der Waals surface area contributed by atoms with Crippen molar-refractivity contribution >= 4 is 0 Å². The van der Waals surface area contributed by atoms with Crippen LogP contribution >= 0.6 is 0 Å². The zero-order chi connectivity index (χ0) is 19.8. The first kappa shape index (κ1) is 18.8. The van der Waals surface area contributed by atoms with Gasteiger partial charge in [-0.1, -0.05) is 12.1 Å². The van der Waals surface area contributed by atoms with Gasteiger partial charge in [-0.3, -0.25) is 0 Å². The van der Waals surface area contributed by atoms with Gasteiger partial charge in [-0.15, -0.1) is 0 Å². The fraction of sp³-hybridized carbons (Fsp3) is 0.167. The molecule has 0 aliphatic carbocycles. The maximum atomic E-state index is 13.0. The van der Waals surface area contributed by atoms with Crippen molar-refractivity contribution in [1.82, 2.24) is 9.55 Å². The van der Waals surface area contributed by atoms with Crippen molar-refractivity contribution in [1.29, 1.82) is 0 Å². The molecular weight excluding hydrogens is 374 g/mol. The molecule has 0 unspecified atom stereocenters. The monoisotopic (exact) mass is 386 g/mol. The van der Waals surface area contributed by atoms with Crippen molar-refractivity contribution in [3.05, 3.63) is 66.1 Å². The summed E-state index contributed by atoms with van der Waals surface area (Å²) in [5.41, 5.74) is -0.845. The van der Waals surface area contributed by atoms with Crippen molar-refractivity contribution in [3.8, 4) is 22.7 Å². The summed E-state index contributed by atoms with van der Waals surface area (Å²) in [5.74, 6) is 0.194. The molecular formula is C18H12F6N2O. The van der Waals surface area contributed by atoms with E-state index in [0.717, 1.165) is 24.3 Å². The first-order chi connectivity index (χ1) is 12.6. The summed E-state index contributed by atoms with van der Waals surface area (Å²) in [6.07, 6.45) is -6.30. The van der Waals surface area contributed by atoms with Crippen LogP contribution in [0.15, 0.2) is 55.0 Å². The Morgan fingerprint density at radius 1 is 0.852 bits per heavy atom. The molecule has 0 amide bonds. The van der Waals surface area contributed by atoms with Gasteiger partial charge in [-0.2, -0.15) is 26.3 Å². The molecule has 0 saturated carbocycles. The minimum absolute atomic E-state index is 0.109. The summed E-state index contributed by atoms with van der Waals surface area (Å²) in [4.78, 5) is 4.07. The molecule has 27 heavy (non-hydrogen) atoms. The normalized spacial score (nSPS) is 12.3. The zero-order valence-electron chi connectivity index (χ0n) is 13.8. The molecule has 9 heteroatoms. The van der Waals surface area contributed by atoms with E-state index in [1.807, 2.05) is 0 Å². The summed E-state index contributed by atoms with van der Waals surface area (Å²) in [7, 11) is 1.32. The Morgan fingerprint density at radius 3 is 2.00 bits per heavy atom. The highest BCUT2D eigenvalue weighted by Crippen LogP contribution is 2.35. The molecule has 3 nitrogen and oxygen atoms in total. The van der Waals surface area contributed by atoms with Crippen LogP contribution in [0.2, 0.25) is 0 Å². The van der Waals surface area contributed by atoms with E-state index in [9.17, 15) is 26.3 Å². The number of nitrogens with zero attached hydrogens (tertiary/aromatic N) is 2. The number of halogens is 6. The van der Waals surface area contributed by atoms with Crippen LogP contribution in [-0.4, -0.2) is 16.7 Å². The number of alkyl halides is 6. The van der Waals surface area contributed by atoms with Crippen LogP contribution in [0.3, 0.4) is 0 Å². The summed E-state index contributed by atoms with van der Waals surface area (Å²) in [6.45, 7) is 0. The van der Waals surface area contributed by atoms with Gasteiger partial charge in [0.15, 0.2) is 0 Å². The van der Waals surface area contributed by atoms with Gasteiger partial charge in [-0.05, 0) is 30.3 Å². The zero-order valence-corrected chi connectivity index (χ0v) is 13.8. The number of imidazole rings is 1. The molecule has 0 aliphatic rings. The van der Waals surface area contributed by atoms with Gasteiger partial charge < -0.3 is 9.30 Å². The maximum Gasteiger partial charge on any atom is 0.416 e. The van der Waals surface area contributed by atoms with Crippen molar-refractivity contribution in [2.45, 2.75) is 12.4 Å². The second-order valence-electron chi connectivity index (χ2n) is 5.63. The SMILES string of the molecule is COc1ccc(C(F)(F)F)cc1-n1cnc(-c2ccc(C(F)(F)F)cc2)c1. The molecule has 0 fully saturated rings. The summed E-state index contributed by atoms with van der Waals surface area (Å²) in [5, 5.41) is 0. The van der Waals surface area contributed by atoms with Crippen molar-refractivity contribution in [2.75, 3.05) is 7.11 Å². The minimum atomic E-state index is -4.53. The number of aromatic nitrogens is 2. The Hall–Kier alpha value is -2.97.